The van der Waals surface area contributed by atoms with E-state index in [4.69, 9.17) is 22.4 Å². The van der Waals surface area contributed by atoms with Crippen LogP contribution in [0.15, 0.2) is 54.1 Å². The third-order valence-corrected chi connectivity index (χ3v) is 6.02. The molecule has 0 spiro atoms. The molecule has 0 saturated heterocycles. The van der Waals surface area contributed by atoms with Gasteiger partial charge in [-0.15, -0.1) is 6.42 Å². The molecule has 0 saturated carbocycles. The van der Waals surface area contributed by atoms with Gasteiger partial charge in [0.15, 0.2) is 0 Å². The smallest absolute Gasteiger partial charge is 0.397 e. The molecule has 0 aliphatic heterocycles. The predicted octanol–water partition coefficient (Wildman–Crippen LogP) is 4.59. The molecule has 0 heterocycles. The molecule has 0 radical (unpaired) electrons. The van der Waals surface area contributed by atoms with E-state index in [-0.39, 0.29) is 81.2 Å². The molecular formula is C30H36ClF3KN4O2-. The summed E-state index contributed by atoms with van der Waals surface area (Å²) in [7, 11) is 0. The second-order valence-electron chi connectivity index (χ2n) is 8.80. The summed E-state index contributed by atoms with van der Waals surface area (Å²) >= 11 is 5.51. The Balaban J connectivity index is 0.00000137. The van der Waals surface area contributed by atoms with Gasteiger partial charge in [-0.05, 0) is 26.8 Å². The number of alkyl halides is 3. The zero-order valence-electron chi connectivity index (χ0n) is 24.2. The van der Waals surface area contributed by atoms with Crippen LogP contribution in [0.4, 0.5) is 18.0 Å². The van der Waals surface area contributed by atoms with Crippen LogP contribution < -0.4 is 56.7 Å². The van der Waals surface area contributed by atoms with E-state index in [1.165, 1.54) is 6.92 Å². The van der Waals surface area contributed by atoms with E-state index in [1.807, 2.05) is 39.0 Å². The van der Waals surface area contributed by atoms with Crippen molar-refractivity contribution in [2.24, 2.45) is 5.92 Å². The number of Topliss-reactive ketones (excluding diaryl/α,β-unsaturated/α-hetero) is 1. The molecule has 0 aromatic heterocycles. The number of hydrogen-bond donors (Lipinski definition) is 3. The predicted molar refractivity (Wildman–Crippen MR) is 153 cm³/mol. The van der Waals surface area contributed by atoms with Gasteiger partial charge in [-0.3, -0.25) is 21.2 Å². The van der Waals surface area contributed by atoms with Crippen molar-refractivity contribution in [3.05, 3.63) is 82.4 Å². The monoisotopic (exact) mass is 615 g/mol. The summed E-state index contributed by atoms with van der Waals surface area (Å²) in [5.41, 5.74) is 1.91. The van der Waals surface area contributed by atoms with Crippen LogP contribution in [0.5, 0.6) is 0 Å². The van der Waals surface area contributed by atoms with Crippen LogP contribution in [0.25, 0.3) is 0 Å². The van der Waals surface area contributed by atoms with Gasteiger partial charge >= 0.3 is 63.6 Å². The minimum Gasteiger partial charge on any atom is -0.397 e. The minimum atomic E-state index is -4.48. The molecule has 1 unspecified atom stereocenters. The van der Waals surface area contributed by atoms with E-state index < -0.39 is 25.2 Å². The van der Waals surface area contributed by atoms with Gasteiger partial charge in [-0.1, -0.05) is 60.8 Å². The first kappa shape index (κ1) is 39.2. The Labute approximate surface area is 288 Å². The molecule has 3 rings (SSSR count). The number of carbonyl (C=O) groups excluding carboxylic acids is 2. The van der Waals surface area contributed by atoms with Crippen LogP contribution in [0.1, 0.15) is 57.6 Å². The number of rotatable bonds is 7. The number of amides is 2. The first-order valence-electron chi connectivity index (χ1n) is 12.9. The van der Waals surface area contributed by atoms with Gasteiger partial charge in [0.2, 0.25) is 0 Å². The molecular weight excluding hydrogens is 580 g/mol. The fraction of sp³-hybridized carbons (Fsp3) is 0.400. The topological polar surface area (TPSA) is 97.1 Å². The minimum absolute atomic E-state index is 0. The number of ketones is 1. The Morgan fingerprint density at radius 3 is 2.22 bits per heavy atom. The molecule has 0 bridgehead atoms. The van der Waals surface area contributed by atoms with Crippen molar-refractivity contribution in [1.82, 2.24) is 10.2 Å². The number of amidine groups is 1. The summed E-state index contributed by atoms with van der Waals surface area (Å²) < 4.78 is 38.2. The fourth-order valence-electron chi connectivity index (χ4n) is 3.52. The quantitative estimate of drug-likeness (QED) is 0.184. The van der Waals surface area contributed by atoms with E-state index in [0.717, 1.165) is 15.5 Å². The summed E-state index contributed by atoms with van der Waals surface area (Å²) in [4.78, 5) is 24.8. The maximum atomic E-state index is 12.7. The maximum Gasteiger partial charge on any atom is 1.00 e. The summed E-state index contributed by atoms with van der Waals surface area (Å²) in [6.45, 7) is 6.45. The van der Waals surface area contributed by atoms with Gasteiger partial charge in [0.1, 0.15) is 11.6 Å². The average Bonchev–Trinajstić information content (AvgIpc) is 2.93. The molecule has 2 aromatic rings. The summed E-state index contributed by atoms with van der Waals surface area (Å²) in [5, 5.41) is 19.5. The number of halogens is 4. The molecule has 0 fully saturated rings. The zero-order chi connectivity index (χ0) is 30.3. The summed E-state index contributed by atoms with van der Waals surface area (Å²) in [6, 6.07) is 15.7. The largest absolute Gasteiger partial charge is 1.00 e. The van der Waals surface area contributed by atoms with E-state index in [9.17, 15) is 22.8 Å². The molecule has 11 heteroatoms. The van der Waals surface area contributed by atoms with Crippen molar-refractivity contribution in [2.45, 2.75) is 59.6 Å². The molecule has 1 atom stereocenters. The third-order valence-electron chi connectivity index (χ3n) is 5.79. The van der Waals surface area contributed by atoms with Gasteiger partial charge in [0.05, 0.1) is 6.42 Å². The number of urea groups is 1. The summed E-state index contributed by atoms with van der Waals surface area (Å²) in [6.07, 6.45) is -1.22. The first-order chi connectivity index (χ1) is 18.9. The normalized spacial score (nSPS) is 14.0. The second-order valence-corrected chi connectivity index (χ2v) is 9.23. The molecule has 2 aromatic carbocycles. The molecule has 2 amide bonds. The zero-order valence-corrected chi connectivity index (χ0v) is 28.1. The molecule has 1 aliphatic carbocycles. The van der Waals surface area contributed by atoms with Crippen molar-refractivity contribution < 1.29 is 74.1 Å². The number of carbonyl (C=O) groups is 2. The van der Waals surface area contributed by atoms with Crippen molar-refractivity contribution in [2.75, 3.05) is 13.1 Å². The van der Waals surface area contributed by atoms with Gasteiger partial charge in [0.25, 0.3) is 0 Å². The number of nitrogens with zero attached hydrogens (tertiary/aromatic N) is 1. The van der Waals surface area contributed by atoms with E-state index in [1.54, 1.807) is 30.3 Å². The Morgan fingerprint density at radius 1 is 1.15 bits per heavy atom. The molecule has 3 N–H and O–H groups in total. The Hall–Kier alpha value is -1.82. The number of allylic oxidation sites excluding steroid dienone is 1. The Bertz CT molecular complexity index is 1160. The van der Waals surface area contributed by atoms with Crippen molar-refractivity contribution in [3.8, 4) is 0 Å². The SMILES string of the molecule is CC.CC(=O)C1C[C-]=C(C(=N)CNC(=O)N(CCC(F)(F)F)C(=N)c2ccc(C)cc2)CC1.Clc1c[c-]ccc1.[K+]. The molecule has 41 heavy (non-hydrogen) atoms. The van der Waals surface area contributed by atoms with Crippen LogP contribution in [0.2, 0.25) is 5.02 Å². The van der Waals surface area contributed by atoms with Gasteiger partial charge in [-0.25, -0.2) is 10.4 Å². The number of benzene rings is 2. The standard InChI is InChI=1S/C22H26F3N4O2.C6H4Cl.C2H6.K/c1-14-3-5-18(6-4-14)20(27)29(12-11-22(23,24)25)21(31)28-13-19(26)17-9-7-16(8-10-17)15(2)30;7-6-4-2-1-3-5-6;1-2;/h3-6,16,26-27H,7-9,11-13H2,1-2H3,(H,28,31);1-2,4-5H;1-2H3;/q2*-1;;+1. The number of nitrogens with one attached hydrogen (secondary N) is 3. The van der Waals surface area contributed by atoms with Crippen molar-refractivity contribution in [3.63, 3.8) is 0 Å². The van der Waals surface area contributed by atoms with Crippen molar-refractivity contribution in [1.29, 1.82) is 10.8 Å². The van der Waals surface area contributed by atoms with Crippen LogP contribution >= 0.6 is 11.6 Å². The van der Waals surface area contributed by atoms with E-state index >= 15 is 0 Å². The maximum absolute atomic E-state index is 12.7. The van der Waals surface area contributed by atoms with Gasteiger partial charge in [0, 0.05) is 18.0 Å². The molecule has 1 aliphatic rings. The van der Waals surface area contributed by atoms with Crippen LogP contribution in [-0.4, -0.2) is 47.5 Å². The number of aryl methyl sites for hydroxylation is 1. The first-order valence-corrected chi connectivity index (χ1v) is 13.3. The van der Waals surface area contributed by atoms with Crippen LogP contribution in [-0.2, 0) is 4.79 Å². The molecule has 6 nitrogen and oxygen atoms in total. The Kier molecular flexibility index (Phi) is 19.2. The Morgan fingerprint density at radius 2 is 1.78 bits per heavy atom. The summed E-state index contributed by atoms with van der Waals surface area (Å²) in [5.74, 6) is -0.388. The number of hydrogen-bond acceptors (Lipinski definition) is 4. The third kappa shape index (κ3) is 15.3. The second kappa shape index (κ2) is 20.1. The average molecular weight is 616 g/mol. The molecule has 218 valence electrons. The van der Waals surface area contributed by atoms with Crippen molar-refractivity contribution >= 4 is 35.0 Å². The van der Waals surface area contributed by atoms with E-state index in [2.05, 4.69) is 17.5 Å². The van der Waals surface area contributed by atoms with Gasteiger partial charge < -0.3 is 10.7 Å². The van der Waals surface area contributed by atoms with Crippen LogP contribution in [0.3, 0.4) is 0 Å². The van der Waals surface area contributed by atoms with E-state index in [0.29, 0.717) is 30.4 Å². The van der Waals surface area contributed by atoms with Gasteiger partial charge in [-0.2, -0.15) is 55.1 Å². The van der Waals surface area contributed by atoms with Crippen LogP contribution in [0, 0.1) is 35.8 Å². The fourth-order valence-corrected chi connectivity index (χ4v) is 3.65.